The van der Waals surface area contributed by atoms with E-state index in [0.29, 0.717) is 5.56 Å². The van der Waals surface area contributed by atoms with Crippen molar-refractivity contribution in [2.75, 3.05) is 0 Å². The number of allylic oxidation sites excluding steroid dienone is 1. The van der Waals surface area contributed by atoms with Gasteiger partial charge in [0.2, 0.25) is 0 Å². The molecule has 1 aromatic carbocycles. The Balaban J connectivity index is 2.66. The van der Waals surface area contributed by atoms with Gasteiger partial charge >= 0.3 is 5.97 Å². The third kappa shape index (κ3) is 2.23. The van der Waals surface area contributed by atoms with Crippen molar-refractivity contribution >= 4 is 5.97 Å². The Labute approximate surface area is 71.5 Å². The maximum Gasteiger partial charge on any atom is 0.342 e. The normalized spacial score (nSPS) is 10.1. The first kappa shape index (κ1) is 8.53. The minimum Gasteiger partial charge on any atom is -0.431 e. The van der Waals surface area contributed by atoms with Crippen LogP contribution in [0.15, 0.2) is 42.7 Å². The fourth-order valence-corrected chi connectivity index (χ4v) is 0.772. The Bertz CT molecular complexity index is 275. The highest BCUT2D eigenvalue weighted by molar-refractivity contribution is 5.89. The van der Waals surface area contributed by atoms with E-state index in [-0.39, 0.29) is 5.97 Å². The summed E-state index contributed by atoms with van der Waals surface area (Å²) >= 11 is 0. The smallest absolute Gasteiger partial charge is 0.342 e. The molecule has 0 aliphatic rings. The zero-order valence-corrected chi connectivity index (χ0v) is 6.86. The molecule has 0 N–H and O–H groups in total. The van der Waals surface area contributed by atoms with Crippen molar-refractivity contribution in [1.82, 2.24) is 0 Å². The van der Waals surface area contributed by atoms with Gasteiger partial charge in [0.25, 0.3) is 0 Å². The minimum absolute atomic E-state index is 0.325. The predicted molar refractivity (Wildman–Crippen MR) is 46.7 cm³/mol. The zero-order chi connectivity index (χ0) is 8.81. The predicted octanol–water partition coefficient (Wildman–Crippen LogP) is 2.38. The SMILES string of the molecule is C/C=C/OC(=O)c1ccccc1. The Morgan fingerprint density at radius 3 is 2.58 bits per heavy atom. The number of benzene rings is 1. The molecule has 0 bridgehead atoms. The largest absolute Gasteiger partial charge is 0.431 e. The second-order valence-electron chi connectivity index (χ2n) is 2.24. The first-order valence-corrected chi connectivity index (χ1v) is 3.72. The lowest BCUT2D eigenvalue weighted by atomic mass is 10.2. The summed E-state index contributed by atoms with van der Waals surface area (Å²) in [4.78, 5) is 11.1. The van der Waals surface area contributed by atoms with Crippen molar-refractivity contribution in [1.29, 1.82) is 0 Å². The highest BCUT2D eigenvalue weighted by atomic mass is 16.5. The number of hydrogen-bond donors (Lipinski definition) is 0. The van der Waals surface area contributed by atoms with Crippen LogP contribution in [-0.2, 0) is 4.74 Å². The average Bonchev–Trinajstić information content (AvgIpc) is 2.15. The van der Waals surface area contributed by atoms with E-state index in [2.05, 4.69) is 0 Å². The second kappa shape index (κ2) is 4.34. The summed E-state index contributed by atoms with van der Waals surface area (Å²) < 4.78 is 4.76. The van der Waals surface area contributed by atoms with Crippen LogP contribution in [0.1, 0.15) is 17.3 Å². The van der Waals surface area contributed by atoms with E-state index in [0.717, 1.165) is 0 Å². The molecule has 0 atom stereocenters. The van der Waals surface area contributed by atoms with Gasteiger partial charge in [0, 0.05) is 0 Å². The van der Waals surface area contributed by atoms with Gasteiger partial charge in [0.05, 0.1) is 11.8 Å². The fraction of sp³-hybridized carbons (Fsp3) is 0.100. The maximum absolute atomic E-state index is 11.1. The van der Waals surface area contributed by atoms with Gasteiger partial charge in [-0.1, -0.05) is 24.3 Å². The molecule has 1 rings (SSSR count). The fourth-order valence-electron chi connectivity index (χ4n) is 0.772. The van der Waals surface area contributed by atoms with E-state index in [1.165, 1.54) is 6.26 Å². The summed E-state index contributed by atoms with van der Waals surface area (Å²) in [6.07, 6.45) is 3.04. The van der Waals surface area contributed by atoms with Crippen molar-refractivity contribution in [3.05, 3.63) is 48.2 Å². The first-order valence-electron chi connectivity index (χ1n) is 3.72. The van der Waals surface area contributed by atoms with Gasteiger partial charge in [0.1, 0.15) is 0 Å². The van der Waals surface area contributed by atoms with Gasteiger partial charge in [-0.3, -0.25) is 0 Å². The van der Waals surface area contributed by atoms with E-state index < -0.39 is 0 Å². The van der Waals surface area contributed by atoms with Gasteiger partial charge in [-0.05, 0) is 19.1 Å². The summed E-state index contributed by atoms with van der Waals surface area (Å²) in [6, 6.07) is 8.88. The van der Waals surface area contributed by atoms with Gasteiger partial charge < -0.3 is 4.74 Å². The van der Waals surface area contributed by atoms with Crippen LogP contribution in [0, 0.1) is 0 Å². The highest BCUT2D eigenvalue weighted by Gasteiger charge is 2.02. The topological polar surface area (TPSA) is 26.3 Å². The first-order chi connectivity index (χ1) is 5.84. The molecule has 0 heterocycles. The molecule has 0 aliphatic heterocycles. The summed E-state index contributed by atoms with van der Waals surface area (Å²) in [6.45, 7) is 1.79. The molecule has 2 nitrogen and oxygen atoms in total. The van der Waals surface area contributed by atoms with E-state index in [9.17, 15) is 4.79 Å². The van der Waals surface area contributed by atoms with Crippen LogP contribution in [-0.4, -0.2) is 5.97 Å². The average molecular weight is 162 g/mol. The summed E-state index contributed by atoms with van der Waals surface area (Å²) in [5.41, 5.74) is 0.565. The molecule has 0 fully saturated rings. The molecule has 62 valence electrons. The molecule has 2 heteroatoms. The second-order valence-corrected chi connectivity index (χ2v) is 2.24. The van der Waals surface area contributed by atoms with Crippen molar-refractivity contribution in [3.8, 4) is 0 Å². The number of ether oxygens (including phenoxy) is 1. The molecule has 12 heavy (non-hydrogen) atoms. The van der Waals surface area contributed by atoms with E-state index in [1.54, 1.807) is 37.3 Å². The summed E-state index contributed by atoms with van der Waals surface area (Å²) in [5, 5.41) is 0. The Morgan fingerprint density at radius 1 is 1.33 bits per heavy atom. The third-order valence-electron chi connectivity index (χ3n) is 1.32. The Morgan fingerprint density at radius 2 is 2.00 bits per heavy atom. The molecule has 0 saturated carbocycles. The van der Waals surface area contributed by atoms with E-state index in [1.807, 2.05) is 6.07 Å². The van der Waals surface area contributed by atoms with Crippen LogP contribution in [0.4, 0.5) is 0 Å². The number of carbonyl (C=O) groups is 1. The van der Waals surface area contributed by atoms with Gasteiger partial charge in [-0.25, -0.2) is 4.79 Å². The van der Waals surface area contributed by atoms with Gasteiger partial charge in [0.15, 0.2) is 0 Å². The van der Waals surface area contributed by atoms with Crippen molar-refractivity contribution < 1.29 is 9.53 Å². The molecular formula is C10H10O2. The summed E-state index contributed by atoms with van der Waals surface area (Å²) in [7, 11) is 0. The third-order valence-corrected chi connectivity index (χ3v) is 1.32. The van der Waals surface area contributed by atoms with Crippen molar-refractivity contribution in [3.63, 3.8) is 0 Å². The number of carbonyl (C=O) groups excluding carboxylic acids is 1. The number of rotatable bonds is 2. The molecule has 1 aromatic rings. The molecule has 0 radical (unpaired) electrons. The van der Waals surface area contributed by atoms with Crippen molar-refractivity contribution in [2.45, 2.75) is 6.92 Å². The maximum atomic E-state index is 11.1. The lowest BCUT2D eigenvalue weighted by molar-refractivity contribution is 0.0662. The molecule has 0 aromatic heterocycles. The highest BCUT2D eigenvalue weighted by Crippen LogP contribution is 2.00. The van der Waals surface area contributed by atoms with Crippen molar-refractivity contribution in [2.24, 2.45) is 0 Å². The van der Waals surface area contributed by atoms with Crippen LogP contribution in [0.25, 0.3) is 0 Å². The monoisotopic (exact) mass is 162 g/mol. The van der Waals surface area contributed by atoms with Crippen LogP contribution < -0.4 is 0 Å². The van der Waals surface area contributed by atoms with Crippen LogP contribution in [0.2, 0.25) is 0 Å². The van der Waals surface area contributed by atoms with Crippen LogP contribution in [0.5, 0.6) is 0 Å². The van der Waals surface area contributed by atoms with Crippen LogP contribution >= 0.6 is 0 Å². The lowest BCUT2D eigenvalue weighted by Crippen LogP contribution is -1.99. The van der Waals surface area contributed by atoms with Gasteiger partial charge in [-0.15, -0.1) is 0 Å². The Kier molecular flexibility index (Phi) is 3.08. The van der Waals surface area contributed by atoms with Crippen LogP contribution in [0.3, 0.4) is 0 Å². The lowest BCUT2D eigenvalue weighted by Gasteiger charge is -1.96. The molecule has 0 saturated heterocycles. The number of esters is 1. The van der Waals surface area contributed by atoms with E-state index >= 15 is 0 Å². The van der Waals surface area contributed by atoms with Gasteiger partial charge in [-0.2, -0.15) is 0 Å². The molecule has 0 amide bonds. The quantitative estimate of drug-likeness (QED) is 0.493. The zero-order valence-electron chi connectivity index (χ0n) is 6.86. The molecule has 0 unspecified atom stereocenters. The number of hydrogen-bond acceptors (Lipinski definition) is 2. The molecule has 0 aliphatic carbocycles. The molecule has 0 spiro atoms. The summed E-state index contributed by atoms with van der Waals surface area (Å²) in [5.74, 6) is -0.325. The minimum atomic E-state index is -0.325. The van der Waals surface area contributed by atoms with E-state index in [4.69, 9.17) is 4.74 Å². The standard InChI is InChI=1S/C10H10O2/c1-2-8-12-10(11)9-6-4-3-5-7-9/h2-8H,1H3/b8-2+. The Hall–Kier alpha value is -1.57. The molecular weight excluding hydrogens is 152 g/mol.